The van der Waals surface area contributed by atoms with Crippen molar-refractivity contribution in [1.29, 1.82) is 0 Å². The van der Waals surface area contributed by atoms with Crippen molar-refractivity contribution >= 4 is 11.6 Å². The van der Waals surface area contributed by atoms with E-state index in [2.05, 4.69) is 29.4 Å². The molecular formula is C13H19ClN4O. The molecule has 0 aliphatic heterocycles. The van der Waals surface area contributed by atoms with Crippen LogP contribution in [0.3, 0.4) is 0 Å². The Kier molecular flexibility index (Phi) is 4.61. The number of halogens is 1. The van der Waals surface area contributed by atoms with Crippen LogP contribution in [0, 0.1) is 12.8 Å². The summed E-state index contributed by atoms with van der Waals surface area (Å²) in [5.41, 5.74) is 1.84. The molecule has 2 aromatic rings. The highest BCUT2D eigenvalue weighted by Gasteiger charge is 2.09. The van der Waals surface area contributed by atoms with Gasteiger partial charge in [-0.1, -0.05) is 30.6 Å². The molecule has 2 rings (SSSR count). The molecule has 0 atom stereocenters. The molecule has 6 heteroatoms. The minimum absolute atomic E-state index is 0.551. The molecule has 0 spiro atoms. The normalized spacial score (nSPS) is 11.4. The highest BCUT2D eigenvalue weighted by molar-refractivity contribution is 6.31. The summed E-state index contributed by atoms with van der Waals surface area (Å²) < 4.78 is 7.10. The molecule has 0 bridgehead atoms. The largest absolute Gasteiger partial charge is 0.359 e. The number of hydrogen-bond donors (Lipinski definition) is 1. The van der Waals surface area contributed by atoms with E-state index in [0.29, 0.717) is 17.5 Å². The van der Waals surface area contributed by atoms with Crippen molar-refractivity contribution in [3.63, 3.8) is 0 Å². The summed E-state index contributed by atoms with van der Waals surface area (Å²) in [6, 6.07) is 1.95. The summed E-state index contributed by atoms with van der Waals surface area (Å²) in [4.78, 5) is 0. The van der Waals surface area contributed by atoms with Crippen molar-refractivity contribution in [3.05, 3.63) is 34.4 Å². The molecule has 0 fully saturated rings. The van der Waals surface area contributed by atoms with Crippen LogP contribution in [-0.4, -0.2) is 21.5 Å². The van der Waals surface area contributed by atoms with E-state index >= 15 is 0 Å². The lowest BCUT2D eigenvalue weighted by Crippen LogP contribution is -2.19. The Labute approximate surface area is 117 Å². The van der Waals surface area contributed by atoms with E-state index in [9.17, 15) is 0 Å². The van der Waals surface area contributed by atoms with Crippen molar-refractivity contribution in [1.82, 2.24) is 20.3 Å². The van der Waals surface area contributed by atoms with Crippen molar-refractivity contribution < 1.29 is 4.52 Å². The molecule has 5 nitrogen and oxygen atoms in total. The Hall–Kier alpha value is -1.33. The highest BCUT2D eigenvalue weighted by atomic mass is 35.5. The average Bonchev–Trinajstić information content (AvgIpc) is 2.91. The first kappa shape index (κ1) is 14.1. The van der Waals surface area contributed by atoms with Gasteiger partial charge in [-0.15, -0.1) is 0 Å². The predicted molar refractivity (Wildman–Crippen MR) is 74.1 cm³/mol. The van der Waals surface area contributed by atoms with Gasteiger partial charge in [0.1, 0.15) is 6.54 Å². The molecule has 0 aliphatic rings. The van der Waals surface area contributed by atoms with Gasteiger partial charge in [-0.25, -0.2) is 0 Å². The Bertz CT molecular complexity index is 532. The van der Waals surface area contributed by atoms with Crippen LogP contribution in [-0.2, 0) is 13.1 Å². The third-order valence-corrected chi connectivity index (χ3v) is 3.19. The molecular weight excluding hydrogens is 264 g/mol. The minimum Gasteiger partial charge on any atom is -0.359 e. The fourth-order valence-corrected chi connectivity index (χ4v) is 1.87. The van der Waals surface area contributed by atoms with Gasteiger partial charge < -0.3 is 9.84 Å². The average molecular weight is 283 g/mol. The second kappa shape index (κ2) is 6.21. The van der Waals surface area contributed by atoms with Crippen LogP contribution in [0.15, 0.2) is 16.8 Å². The van der Waals surface area contributed by atoms with Crippen LogP contribution in [0.25, 0.3) is 0 Å². The summed E-state index contributed by atoms with van der Waals surface area (Å²) in [7, 11) is 0. The van der Waals surface area contributed by atoms with E-state index in [0.717, 1.165) is 30.2 Å². The summed E-state index contributed by atoms with van der Waals surface area (Å²) in [6.45, 7) is 8.51. The lowest BCUT2D eigenvalue weighted by Gasteiger charge is -2.04. The molecule has 0 saturated heterocycles. The molecule has 104 valence electrons. The van der Waals surface area contributed by atoms with Crippen molar-refractivity contribution in [2.75, 3.05) is 6.54 Å². The zero-order chi connectivity index (χ0) is 13.8. The maximum absolute atomic E-state index is 5.96. The Morgan fingerprint density at radius 3 is 2.89 bits per heavy atom. The molecule has 2 heterocycles. The first-order chi connectivity index (χ1) is 9.06. The zero-order valence-corrected chi connectivity index (χ0v) is 12.2. The molecule has 0 radical (unpaired) electrons. The standard InChI is InChI=1S/C13H19ClN4O/c1-9(2)5-15-6-11-4-12(19-17-11)8-18-10(3)13(14)7-16-18/h4,7,9,15H,5-6,8H2,1-3H3. The van der Waals surface area contributed by atoms with Crippen LogP contribution >= 0.6 is 11.6 Å². The third kappa shape index (κ3) is 3.81. The lowest BCUT2D eigenvalue weighted by atomic mass is 10.2. The zero-order valence-electron chi connectivity index (χ0n) is 11.5. The fraction of sp³-hybridized carbons (Fsp3) is 0.538. The van der Waals surface area contributed by atoms with Gasteiger partial charge in [0.05, 0.1) is 22.6 Å². The maximum atomic E-state index is 5.96. The topological polar surface area (TPSA) is 55.9 Å². The van der Waals surface area contributed by atoms with Crippen LogP contribution in [0.5, 0.6) is 0 Å². The Morgan fingerprint density at radius 1 is 1.47 bits per heavy atom. The van der Waals surface area contributed by atoms with E-state index in [1.807, 2.05) is 13.0 Å². The third-order valence-electron chi connectivity index (χ3n) is 2.82. The minimum atomic E-state index is 0.551. The first-order valence-corrected chi connectivity index (χ1v) is 6.77. The van der Waals surface area contributed by atoms with E-state index in [1.165, 1.54) is 0 Å². The second-order valence-corrected chi connectivity index (χ2v) is 5.45. The van der Waals surface area contributed by atoms with Crippen LogP contribution in [0.4, 0.5) is 0 Å². The number of rotatable bonds is 6. The smallest absolute Gasteiger partial charge is 0.158 e. The summed E-state index contributed by atoms with van der Waals surface area (Å²) >= 11 is 5.96. The van der Waals surface area contributed by atoms with Crippen LogP contribution in [0.1, 0.15) is 31.0 Å². The molecule has 0 unspecified atom stereocenters. The van der Waals surface area contributed by atoms with Crippen LogP contribution in [0.2, 0.25) is 5.02 Å². The lowest BCUT2D eigenvalue weighted by molar-refractivity contribution is 0.362. The predicted octanol–water partition coefficient (Wildman–Crippen LogP) is 2.63. The van der Waals surface area contributed by atoms with Gasteiger partial charge >= 0.3 is 0 Å². The molecule has 1 N–H and O–H groups in total. The SMILES string of the molecule is Cc1c(Cl)cnn1Cc1cc(CNCC(C)C)no1. The first-order valence-electron chi connectivity index (χ1n) is 6.39. The van der Waals surface area contributed by atoms with Gasteiger partial charge in [0.25, 0.3) is 0 Å². The number of nitrogens with one attached hydrogen (secondary N) is 1. The quantitative estimate of drug-likeness (QED) is 0.885. The van der Waals surface area contributed by atoms with Gasteiger partial charge in [-0.05, 0) is 19.4 Å². The van der Waals surface area contributed by atoms with Gasteiger partial charge in [0, 0.05) is 12.6 Å². The van der Waals surface area contributed by atoms with E-state index < -0.39 is 0 Å². The summed E-state index contributed by atoms with van der Waals surface area (Å²) in [5, 5.41) is 12.2. The number of hydrogen-bond acceptors (Lipinski definition) is 4. The number of nitrogens with zero attached hydrogens (tertiary/aromatic N) is 3. The van der Waals surface area contributed by atoms with Crippen molar-refractivity contribution in [2.45, 2.75) is 33.9 Å². The Balaban J connectivity index is 1.92. The van der Waals surface area contributed by atoms with Gasteiger partial charge in [-0.2, -0.15) is 5.10 Å². The maximum Gasteiger partial charge on any atom is 0.158 e. The molecule has 0 aliphatic carbocycles. The molecule has 2 aromatic heterocycles. The van der Waals surface area contributed by atoms with Gasteiger partial charge in [0.2, 0.25) is 0 Å². The van der Waals surface area contributed by atoms with E-state index in [1.54, 1.807) is 10.9 Å². The summed E-state index contributed by atoms with van der Waals surface area (Å²) in [6.07, 6.45) is 1.64. The van der Waals surface area contributed by atoms with Crippen molar-refractivity contribution in [3.8, 4) is 0 Å². The van der Waals surface area contributed by atoms with E-state index in [4.69, 9.17) is 16.1 Å². The molecule has 0 amide bonds. The van der Waals surface area contributed by atoms with Gasteiger partial charge in [-0.3, -0.25) is 4.68 Å². The van der Waals surface area contributed by atoms with Crippen LogP contribution < -0.4 is 5.32 Å². The Morgan fingerprint density at radius 2 is 2.26 bits per heavy atom. The molecule has 19 heavy (non-hydrogen) atoms. The fourth-order valence-electron chi connectivity index (χ4n) is 1.73. The number of aromatic nitrogens is 3. The van der Waals surface area contributed by atoms with Gasteiger partial charge in [0.15, 0.2) is 5.76 Å². The van der Waals surface area contributed by atoms with E-state index in [-0.39, 0.29) is 0 Å². The molecule has 0 saturated carbocycles. The second-order valence-electron chi connectivity index (χ2n) is 5.04. The van der Waals surface area contributed by atoms with Crippen molar-refractivity contribution in [2.24, 2.45) is 5.92 Å². The molecule has 0 aromatic carbocycles. The summed E-state index contributed by atoms with van der Waals surface area (Å²) in [5.74, 6) is 1.41. The highest BCUT2D eigenvalue weighted by Crippen LogP contribution is 2.15. The monoisotopic (exact) mass is 282 g/mol.